The first-order chi connectivity index (χ1) is 16.2. The van der Waals surface area contributed by atoms with E-state index in [-0.39, 0.29) is 5.91 Å². The predicted molar refractivity (Wildman–Crippen MR) is 128 cm³/mol. The Labute approximate surface area is 196 Å². The summed E-state index contributed by atoms with van der Waals surface area (Å²) >= 11 is 1.33. The second-order valence-corrected chi connectivity index (χ2v) is 9.07. The van der Waals surface area contributed by atoms with Gasteiger partial charge >= 0.3 is 0 Å². The Balaban J connectivity index is 1.20. The van der Waals surface area contributed by atoms with Crippen LogP contribution < -0.4 is 10.1 Å². The summed E-state index contributed by atoms with van der Waals surface area (Å²) in [5.41, 5.74) is 3.75. The van der Waals surface area contributed by atoms with Crippen molar-refractivity contribution >= 4 is 33.4 Å². The van der Waals surface area contributed by atoms with E-state index < -0.39 is 0 Å². The molecule has 0 saturated carbocycles. The molecule has 0 atom stereocenters. The minimum atomic E-state index is -0.0360. The molecule has 1 aliphatic heterocycles. The Morgan fingerprint density at radius 3 is 2.67 bits per heavy atom. The van der Waals surface area contributed by atoms with Gasteiger partial charge in [0.25, 0.3) is 0 Å². The second-order valence-electron chi connectivity index (χ2n) is 8.24. The van der Waals surface area contributed by atoms with Crippen LogP contribution in [-0.2, 0) is 17.9 Å². The van der Waals surface area contributed by atoms with Crippen LogP contribution in [0.1, 0.15) is 18.7 Å². The summed E-state index contributed by atoms with van der Waals surface area (Å²) in [5, 5.41) is 11.0. The zero-order valence-corrected chi connectivity index (χ0v) is 19.1. The highest BCUT2D eigenvalue weighted by molar-refractivity contribution is 7.13. The number of amides is 1. The van der Waals surface area contributed by atoms with Crippen molar-refractivity contribution in [2.24, 2.45) is 5.92 Å². The molecule has 1 fully saturated rings. The fraction of sp³-hybridized carbons (Fsp3) is 0.333. The van der Waals surface area contributed by atoms with Crippen LogP contribution in [0.3, 0.4) is 0 Å². The van der Waals surface area contributed by atoms with Crippen molar-refractivity contribution in [3.8, 4) is 5.75 Å². The Bertz CT molecular complexity index is 1190. The number of nitrogens with zero attached hydrogens (tertiary/aromatic N) is 5. The fourth-order valence-electron chi connectivity index (χ4n) is 4.28. The minimum absolute atomic E-state index is 0.0360. The molecule has 1 amide bonds. The third kappa shape index (κ3) is 5.37. The number of aromatic nitrogens is 4. The molecule has 0 bridgehead atoms. The Kier molecular flexibility index (Phi) is 6.59. The number of carbonyl (C=O) groups is 1. The van der Waals surface area contributed by atoms with Crippen LogP contribution in [0.4, 0.5) is 5.13 Å². The molecule has 4 aromatic rings. The predicted octanol–water partition coefficient (Wildman–Crippen LogP) is 3.82. The maximum Gasteiger partial charge on any atom is 0.240 e. The zero-order valence-electron chi connectivity index (χ0n) is 18.3. The zero-order chi connectivity index (χ0) is 22.5. The van der Waals surface area contributed by atoms with Crippen LogP contribution in [0, 0.1) is 5.92 Å². The molecule has 3 heterocycles. The Morgan fingerprint density at radius 2 is 1.88 bits per heavy atom. The minimum Gasteiger partial charge on any atom is -0.486 e. The highest BCUT2D eigenvalue weighted by atomic mass is 32.1. The van der Waals surface area contributed by atoms with Gasteiger partial charge in [-0.05, 0) is 56.1 Å². The molecule has 1 N–H and O–H groups in total. The first kappa shape index (κ1) is 21.5. The third-order valence-electron chi connectivity index (χ3n) is 5.97. The van der Waals surface area contributed by atoms with Gasteiger partial charge in [0, 0.05) is 6.54 Å². The van der Waals surface area contributed by atoms with E-state index in [1.165, 1.54) is 11.3 Å². The molecule has 33 heavy (non-hydrogen) atoms. The highest BCUT2D eigenvalue weighted by Gasteiger charge is 2.23. The lowest BCUT2D eigenvalue weighted by Gasteiger charge is -2.31. The normalized spacial score (nSPS) is 15.0. The van der Waals surface area contributed by atoms with Crippen LogP contribution in [0.5, 0.6) is 5.75 Å². The lowest BCUT2D eigenvalue weighted by molar-refractivity contribution is -0.117. The second kappa shape index (κ2) is 10.1. The number of anilines is 1. The van der Waals surface area contributed by atoms with E-state index in [0.717, 1.165) is 55.1 Å². The van der Waals surface area contributed by atoms with Crippen molar-refractivity contribution in [3.63, 3.8) is 0 Å². The summed E-state index contributed by atoms with van der Waals surface area (Å²) in [6.45, 7) is 3.52. The van der Waals surface area contributed by atoms with Gasteiger partial charge in [-0.15, -0.1) is 10.2 Å². The highest BCUT2D eigenvalue weighted by Crippen LogP contribution is 2.24. The van der Waals surface area contributed by atoms with E-state index >= 15 is 0 Å². The van der Waals surface area contributed by atoms with Crippen LogP contribution in [0.2, 0.25) is 0 Å². The molecule has 2 aromatic heterocycles. The van der Waals surface area contributed by atoms with Crippen LogP contribution >= 0.6 is 11.3 Å². The van der Waals surface area contributed by atoms with Gasteiger partial charge in [-0.25, -0.2) is 4.98 Å². The van der Waals surface area contributed by atoms with Gasteiger partial charge < -0.3 is 9.30 Å². The van der Waals surface area contributed by atoms with Crippen LogP contribution in [-0.4, -0.2) is 50.2 Å². The van der Waals surface area contributed by atoms with Crippen molar-refractivity contribution in [2.75, 3.05) is 25.0 Å². The maximum atomic E-state index is 12.3. The van der Waals surface area contributed by atoms with E-state index in [0.29, 0.717) is 24.2 Å². The standard InChI is InChI=1S/C24H26N6O2S/c31-23(27-24-28-25-17-33-24)15-29-12-10-18(11-13-29)14-30-21-9-5-4-8-20(21)26-22(30)16-32-19-6-2-1-3-7-19/h1-9,17-18H,10-16H2,(H,27,28,31). The SMILES string of the molecule is O=C(CN1CCC(Cn2c(COc3ccccc3)nc3ccccc32)CC1)Nc1nncs1. The number of para-hydroxylation sites is 3. The van der Waals surface area contributed by atoms with Gasteiger partial charge in [0.05, 0.1) is 17.6 Å². The molecule has 2 aromatic carbocycles. The Hall–Kier alpha value is -3.30. The van der Waals surface area contributed by atoms with Crippen molar-refractivity contribution < 1.29 is 9.53 Å². The average Bonchev–Trinajstić information content (AvgIpc) is 3.47. The summed E-state index contributed by atoms with van der Waals surface area (Å²) in [6, 6.07) is 18.1. The van der Waals surface area contributed by atoms with Gasteiger partial charge in [-0.1, -0.05) is 41.7 Å². The summed E-state index contributed by atoms with van der Waals surface area (Å²) in [7, 11) is 0. The van der Waals surface area contributed by atoms with Crippen molar-refractivity contribution in [3.05, 3.63) is 65.9 Å². The summed E-state index contributed by atoms with van der Waals surface area (Å²) in [6.07, 6.45) is 2.08. The van der Waals surface area contributed by atoms with Crippen molar-refractivity contribution in [1.82, 2.24) is 24.6 Å². The van der Waals surface area contributed by atoms with Crippen LogP contribution in [0.25, 0.3) is 11.0 Å². The van der Waals surface area contributed by atoms with Crippen molar-refractivity contribution in [2.45, 2.75) is 26.0 Å². The average molecular weight is 463 g/mol. The van der Waals surface area contributed by atoms with Gasteiger partial charge in [0.15, 0.2) is 0 Å². The molecular weight excluding hydrogens is 436 g/mol. The number of benzene rings is 2. The first-order valence-corrected chi connectivity index (χ1v) is 12.0. The maximum absolute atomic E-state index is 12.3. The molecule has 1 saturated heterocycles. The summed E-state index contributed by atoms with van der Waals surface area (Å²) in [4.78, 5) is 19.3. The Morgan fingerprint density at radius 1 is 1.09 bits per heavy atom. The molecule has 0 aliphatic carbocycles. The number of carbonyl (C=O) groups excluding carboxylic acids is 1. The fourth-order valence-corrected chi connectivity index (χ4v) is 4.74. The van der Waals surface area contributed by atoms with Crippen LogP contribution in [0.15, 0.2) is 60.1 Å². The molecule has 0 radical (unpaired) electrons. The molecule has 1 aliphatic rings. The molecule has 0 unspecified atom stereocenters. The lowest BCUT2D eigenvalue weighted by Crippen LogP contribution is -2.40. The molecule has 0 spiro atoms. The number of fused-ring (bicyclic) bond motifs is 1. The molecule has 170 valence electrons. The smallest absolute Gasteiger partial charge is 0.240 e. The van der Waals surface area contributed by atoms with Gasteiger partial charge in [0.2, 0.25) is 11.0 Å². The van der Waals surface area contributed by atoms with Gasteiger partial charge in [-0.3, -0.25) is 15.0 Å². The number of hydrogen-bond acceptors (Lipinski definition) is 7. The van der Waals surface area contributed by atoms with Gasteiger partial charge in [0.1, 0.15) is 23.7 Å². The lowest BCUT2D eigenvalue weighted by atomic mass is 9.96. The van der Waals surface area contributed by atoms with E-state index in [2.05, 4.69) is 43.2 Å². The number of nitrogens with one attached hydrogen (secondary N) is 1. The van der Waals surface area contributed by atoms with E-state index in [1.54, 1.807) is 5.51 Å². The summed E-state index contributed by atoms with van der Waals surface area (Å²) in [5.74, 6) is 2.28. The van der Waals surface area contributed by atoms with Gasteiger partial charge in [-0.2, -0.15) is 0 Å². The quantitative estimate of drug-likeness (QED) is 0.429. The number of likely N-dealkylation sites (tertiary alicyclic amines) is 1. The number of rotatable bonds is 8. The van der Waals surface area contributed by atoms with E-state index in [4.69, 9.17) is 9.72 Å². The molecular formula is C24H26N6O2S. The number of hydrogen-bond donors (Lipinski definition) is 1. The number of piperidine rings is 1. The molecule has 9 heteroatoms. The van der Waals surface area contributed by atoms with Crippen molar-refractivity contribution in [1.29, 1.82) is 0 Å². The number of ether oxygens (including phenoxy) is 1. The topological polar surface area (TPSA) is 85.2 Å². The number of imidazole rings is 1. The van der Waals surface area contributed by atoms with E-state index in [9.17, 15) is 4.79 Å². The molecule has 8 nitrogen and oxygen atoms in total. The largest absolute Gasteiger partial charge is 0.486 e. The monoisotopic (exact) mass is 462 g/mol. The first-order valence-electron chi connectivity index (χ1n) is 11.1. The summed E-state index contributed by atoms with van der Waals surface area (Å²) < 4.78 is 8.32. The van der Waals surface area contributed by atoms with E-state index in [1.807, 2.05) is 36.4 Å². The third-order valence-corrected chi connectivity index (χ3v) is 6.57. The molecule has 5 rings (SSSR count).